The van der Waals surface area contributed by atoms with Crippen molar-refractivity contribution in [2.24, 2.45) is 0 Å². The Labute approximate surface area is 121 Å². The van der Waals surface area contributed by atoms with E-state index in [1.54, 1.807) is 30.3 Å². The Bertz CT molecular complexity index is 653. The van der Waals surface area contributed by atoms with Crippen molar-refractivity contribution >= 4 is 11.9 Å². The molecule has 0 atom stereocenters. The first-order chi connectivity index (χ1) is 10.1. The molecule has 0 saturated heterocycles. The van der Waals surface area contributed by atoms with Gasteiger partial charge in [-0.2, -0.15) is 0 Å². The lowest BCUT2D eigenvalue weighted by molar-refractivity contribution is -0.136. The molecule has 0 bridgehead atoms. The van der Waals surface area contributed by atoms with Gasteiger partial charge in [0.15, 0.2) is 0 Å². The SMILES string of the molecule is CNC(=O)c1cc(Oc2ccc(CC(=O)O)cc2)ccn1. The van der Waals surface area contributed by atoms with Crippen LogP contribution in [0.25, 0.3) is 0 Å². The summed E-state index contributed by atoms with van der Waals surface area (Å²) in [7, 11) is 1.53. The molecule has 2 rings (SSSR count). The molecule has 0 saturated carbocycles. The molecule has 2 aromatic rings. The van der Waals surface area contributed by atoms with E-state index in [0.29, 0.717) is 17.1 Å². The zero-order valence-electron chi connectivity index (χ0n) is 11.4. The Kier molecular flexibility index (Phi) is 4.50. The maximum atomic E-state index is 11.5. The van der Waals surface area contributed by atoms with E-state index >= 15 is 0 Å². The van der Waals surface area contributed by atoms with Crippen molar-refractivity contribution in [3.63, 3.8) is 0 Å². The summed E-state index contributed by atoms with van der Waals surface area (Å²) in [6, 6.07) is 9.90. The van der Waals surface area contributed by atoms with Crippen LogP contribution < -0.4 is 10.1 Å². The van der Waals surface area contributed by atoms with E-state index in [0.717, 1.165) is 0 Å². The number of carboxylic acid groups (broad SMARTS) is 1. The van der Waals surface area contributed by atoms with Crippen LogP contribution >= 0.6 is 0 Å². The van der Waals surface area contributed by atoms with Crippen LogP contribution in [-0.4, -0.2) is 29.0 Å². The predicted molar refractivity (Wildman–Crippen MR) is 75.5 cm³/mol. The second-order valence-electron chi connectivity index (χ2n) is 4.27. The maximum absolute atomic E-state index is 11.5. The van der Waals surface area contributed by atoms with Crippen LogP contribution in [0.1, 0.15) is 16.1 Å². The van der Waals surface area contributed by atoms with Gasteiger partial charge >= 0.3 is 5.97 Å². The van der Waals surface area contributed by atoms with E-state index in [2.05, 4.69) is 10.3 Å². The molecule has 108 valence electrons. The molecule has 0 spiro atoms. The van der Waals surface area contributed by atoms with E-state index < -0.39 is 5.97 Å². The van der Waals surface area contributed by atoms with E-state index in [4.69, 9.17) is 9.84 Å². The van der Waals surface area contributed by atoms with Gasteiger partial charge in [0.1, 0.15) is 17.2 Å². The quantitative estimate of drug-likeness (QED) is 0.875. The number of carboxylic acids is 1. The molecule has 1 aromatic heterocycles. The molecular formula is C15H14N2O4. The van der Waals surface area contributed by atoms with E-state index in [9.17, 15) is 9.59 Å². The molecule has 2 N–H and O–H groups in total. The number of rotatable bonds is 5. The van der Waals surface area contributed by atoms with Crippen LogP contribution in [0.5, 0.6) is 11.5 Å². The first-order valence-electron chi connectivity index (χ1n) is 6.25. The summed E-state index contributed by atoms with van der Waals surface area (Å²) >= 11 is 0. The average molecular weight is 286 g/mol. The number of hydrogen-bond donors (Lipinski definition) is 2. The minimum Gasteiger partial charge on any atom is -0.481 e. The van der Waals surface area contributed by atoms with Gasteiger partial charge in [-0.1, -0.05) is 12.1 Å². The number of amides is 1. The van der Waals surface area contributed by atoms with Crippen molar-refractivity contribution in [2.75, 3.05) is 7.05 Å². The topological polar surface area (TPSA) is 88.5 Å². The number of aliphatic carboxylic acids is 1. The van der Waals surface area contributed by atoms with Gasteiger partial charge in [0.25, 0.3) is 5.91 Å². The van der Waals surface area contributed by atoms with E-state index in [1.165, 1.54) is 19.3 Å². The number of nitrogens with one attached hydrogen (secondary N) is 1. The van der Waals surface area contributed by atoms with Gasteiger partial charge in [-0.25, -0.2) is 0 Å². The molecule has 6 nitrogen and oxygen atoms in total. The van der Waals surface area contributed by atoms with Crippen LogP contribution in [0.2, 0.25) is 0 Å². The Morgan fingerprint density at radius 1 is 1.19 bits per heavy atom. The van der Waals surface area contributed by atoms with Gasteiger partial charge in [0.05, 0.1) is 6.42 Å². The fourth-order valence-electron chi connectivity index (χ4n) is 1.71. The summed E-state index contributed by atoms with van der Waals surface area (Å²) < 4.78 is 5.61. The molecule has 0 aliphatic rings. The molecule has 1 heterocycles. The molecule has 0 aliphatic heterocycles. The number of pyridine rings is 1. The highest BCUT2D eigenvalue weighted by Crippen LogP contribution is 2.22. The van der Waals surface area contributed by atoms with Crippen molar-refractivity contribution < 1.29 is 19.4 Å². The molecule has 6 heteroatoms. The lowest BCUT2D eigenvalue weighted by atomic mass is 10.1. The molecular weight excluding hydrogens is 272 g/mol. The Balaban J connectivity index is 2.11. The average Bonchev–Trinajstić information content (AvgIpc) is 2.48. The van der Waals surface area contributed by atoms with Crippen molar-refractivity contribution in [3.8, 4) is 11.5 Å². The van der Waals surface area contributed by atoms with Gasteiger partial charge in [0, 0.05) is 19.3 Å². The molecule has 1 amide bonds. The van der Waals surface area contributed by atoms with Crippen molar-refractivity contribution in [2.45, 2.75) is 6.42 Å². The molecule has 1 aromatic carbocycles. The third-order valence-electron chi connectivity index (χ3n) is 2.71. The fourth-order valence-corrected chi connectivity index (χ4v) is 1.71. The number of nitrogens with zero attached hydrogens (tertiary/aromatic N) is 1. The van der Waals surface area contributed by atoms with Crippen molar-refractivity contribution in [1.29, 1.82) is 0 Å². The summed E-state index contributed by atoms with van der Waals surface area (Å²) in [5.74, 6) is -0.141. The van der Waals surface area contributed by atoms with Crippen molar-refractivity contribution in [3.05, 3.63) is 53.9 Å². The van der Waals surface area contributed by atoms with Gasteiger partial charge in [0.2, 0.25) is 0 Å². The normalized spacial score (nSPS) is 9.95. The summed E-state index contributed by atoms with van der Waals surface area (Å²) in [4.78, 5) is 26.0. The molecule has 0 fully saturated rings. The van der Waals surface area contributed by atoms with E-state index in [1.807, 2.05) is 0 Å². The van der Waals surface area contributed by atoms with Crippen LogP contribution in [0.15, 0.2) is 42.6 Å². The fraction of sp³-hybridized carbons (Fsp3) is 0.133. The zero-order valence-corrected chi connectivity index (χ0v) is 11.4. The second kappa shape index (κ2) is 6.51. The summed E-state index contributed by atoms with van der Waals surface area (Å²) in [5, 5.41) is 11.2. The predicted octanol–water partition coefficient (Wildman–Crippen LogP) is 1.86. The highest BCUT2D eigenvalue weighted by atomic mass is 16.5. The zero-order chi connectivity index (χ0) is 15.2. The van der Waals surface area contributed by atoms with Crippen LogP contribution in [0.3, 0.4) is 0 Å². The highest BCUT2D eigenvalue weighted by Gasteiger charge is 2.07. The first-order valence-corrected chi connectivity index (χ1v) is 6.25. The summed E-state index contributed by atoms with van der Waals surface area (Å²) in [6.45, 7) is 0. The molecule has 0 unspecified atom stereocenters. The van der Waals surface area contributed by atoms with Crippen LogP contribution in [-0.2, 0) is 11.2 Å². The van der Waals surface area contributed by atoms with Gasteiger partial charge < -0.3 is 15.2 Å². The van der Waals surface area contributed by atoms with Gasteiger partial charge in [-0.15, -0.1) is 0 Å². The lowest BCUT2D eigenvalue weighted by Gasteiger charge is -2.07. The Hall–Kier alpha value is -2.89. The van der Waals surface area contributed by atoms with Crippen molar-refractivity contribution in [1.82, 2.24) is 10.3 Å². The number of benzene rings is 1. The number of carbonyl (C=O) groups excluding carboxylic acids is 1. The Morgan fingerprint density at radius 2 is 1.90 bits per heavy atom. The molecule has 0 radical (unpaired) electrons. The standard InChI is InChI=1S/C15H14N2O4/c1-16-15(20)13-9-12(6-7-17-13)21-11-4-2-10(3-5-11)8-14(18)19/h2-7,9H,8H2,1H3,(H,16,20)(H,18,19). The minimum absolute atomic E-state index is 0.0314. The summed E-state index contributed by atoms with van der Waals surface area (Å²) in [6.07, 6.45) is 1.45. The smallest absolute Gasteiger partial charge is 0.307 e. The number of ether oxygens (including phenoxy) is 1. The minimum atomic E-state index is -0.881. The maximum Gasteiger partial charge on any atom is 0.307 e. The third-order valence-corrected chi connectivity index (χ3v) is 2.71. The van der Waals surface area contributed by atoms with Gasteiger partial charge in [-0.3, -0.25) is 14.6 Å². The van der Waals surface area contributed by atoms with Gasteiger partial charge in [-0.05, 0) is 23.8 Å². The molecule has 0 aliphatic carbocycles. The largest absolute Gasteiger partial charge is 0.481 e. The van der Waals surface area contributed by atoms with Crippen LogP contribution in [0, 0.1) is 0 Å². The highest BCUT2D eigenvalue weighted by molar-refractivity contribution is 5.92. The molecule has 21 heavy (non-hydrogen) atoms. The monoisotopic (exact) mass is 286 g/mol. The number of aromatic nitrogens is 1. The number of hydrogen-bond acceptors (Lipinski definition) is 4. The Morgan fingerprint density at radius 3 is 2.52 bits per heavy atom. The lowest BCUT2D eigenvalue weighted by Crippen LogP contribution is -2.18. The summed E-state index contributed by atoms with van der Waals surface area (Å²) in [5.41, 5.74) is 0.952. The third kappa shape index (κ3) is 4.04. The second-order valence-corrected chi connectivity index (χ2v) is 4.27. The van der Waals surface area contributed by atoms with E-state index in [-0.39, 0.29) is 18.0 Å². The van der Waals surface area contributed by atoms with Crippen LogP contribution in [0.4, 0.5) is 0 Å². The first kappa shape index (κ1) is 14.5. The number of carbonyl (C=O) groups is 2.